The molecular formula is C13H14F3N3. The van der Waals surface area contributed by atoms with Crippen LogP contribution in [0.3, 0.4) is 0 Å². The van der Waals surface area contributed by atoms with Gasteiger partial charge in [0.2, 0.25) is 0 Å². The number of benzene rings is 1. The molecule has 0 aromatic heterocycles. The van der Waals surface area contributed by atoms with Crippen molar-refractivity contribution >= 4 is 5.96 Å². The number of nitrogens with zero attached hydrogens (tertiary/aromatic N) is 1. The summed E-state index contributed by atoms with van der Waals surface area (Å²) in [6.45, 7) is 0.295. The maximum atomic E-state index is 12.5. The third-order valence-corrected chi connectivity index (χ3v) is 2.23. The van der Waals surface area contributed by atoms with Gasteiger partial charge in [-0.1, -0.05) is 17.9 Å². The van der Waals surface area contributed by atoms with Crippen LogP contribution in [0, 0.1) is 11.8 Å². The minimum atomic E-state index is -4.34. The van der Waals surface area contributed by atoms with Crippen LogP contribution < -0.4 is 10.6 Å². The van der Waals surface area contributed by atoms with E-state index in [1.54, 1.807) is 14.1 Å². The van der Waals surface area contributed by atoms with Gasteiger partial charge in [0, 0.05) is 19.7 Å². The Morgan fingerprint density at radius 2 is 2.11 bits per heavy atom. The fourth-order valence-corrected chi connectivity index (χ4v) is 1.33. The second-order valence-electron chi connectivity index (χ2n) is 3.56. The molecule has 1 aromatic rings. The summed E-state index contributed by atoms with van der Waals surface area (Å²) in [5.41, 5.74) is -0.366. The van der Waals surface area contributed by atoms with Crippen molar-refractivity contribution in [3.05, 3.63) is 35.4 Å². The Bertz CT molecular complexity index is 510. The van der Waals surface area contributed by atoms with Crippen molar-refractivity contribution in [1.82, 2.24) is 10.6 Å². The lowest BCUT2D eigenvalue weighted by molar-refractivity contribution is -0.137. The summed E-state index contributed by atoms with van der Waals surface area (Å²) >= 11 is 0. The van der Waals surface area contributed by atoms with Crippen LogP contribution in [0.4, 0.5) is 13.2 Å². The van der Waals surface area contributed by atoms with Gasteiger partial charge in [0.25, 0.3) is 0 Å². The average Bonchev–Trinajstić information content (AvgIpc) is 2.38. The van der Waals surface area contributed by atoms with E-state index >= 15 is 0 Å². The molecular weight excluding hydrogens is 255 g/mol. The molecule has 0 atom stereocenters. The molecule has 0 fully saturated rings. The molecule has 0 unspecified atom stereocenters. The first-order chi connectivity index (χ1) is 8.97. The SMILES string of the molecule is CN=C(NC)NCC#Cc1cccc(C(F)(F)F)c1. The molecule has 1 aromatic carbocycles. The highest BCUT2D eigenvalue weighted by atomic mass is 19.4. The van der Waals surface area contributed by atoms with Crippen molar-refractivity contribution < 1.29 is 13.2 Å². The Morgan fingerprint density at radius 3 is 2.68 bits per heavy atom. The van der Waals surface area contributed by atoms with Crippen molar-refractivity contribution in [2.75, 3.05) is 20.6 Å². The average molecular weight is 269 g/mol. The molecule has 6 heteroatoms. The Morgan fingerprint density at radius 1 is 1.37 bits per heavy atom. The van der Waals surface area contributed by atoms with E-state index in [0.717, 1.165) is 12.1 Å². The number of rotatable bonds is 1. The van der Waals surface area contributed by atoms with Gasteiger partial charge < -0.3 is 10.6 Å². The highest BCUT2D eigenvalue weighted by Crippen LogP contribution is 2.29. The Hall–Kier alpha value is -2.16. The van der Waals surface area contributed by atoms with Crippen LogP contribution in [0.1, 0.15) is 11.1 Å². The molecule has 3 nitrogen and oxygen atoms in total. The zero-order valence-electron chi connectivity index (χ0n) is 10.6. The van der Waals surface area contributed by atoms with Crippen LogP contribution in [-0.2, 0) is 6.18 Å². The molecule has 0 heterocycles. The lowest BCUT2D eigenvalue weighted by Crippen LogP contribution is -2.34. The predicted molar refractivity (Wildman–Crippen MR) is 68.7 cm³/mol. The summed E-state index contributed by atoms with van der Waals surface area (Å²) in [5.74, 6) is 5.96. The zero-order valence-corrected chi connectivity index (χ0v) is 10.6. The van der Waals surface area contributed by atoms with E-state index in [9.17, 15) is 13.2 Å². The number of halogens is 3. The summed E-state index contributed by atoms with van der Waals surface area (Å²) in [6.07, 6.45) is -4.34. The van der Waals surface area contributed by atoms with Crippen molar-refractivity contribution in [1.29, 1.82) is 0 Å². The molecule has 0 amide bonds. The monoisotopic (exact) mass is 269 g/mol. The van der Waals surface area contributed by atoms with E-state index in [1.807, 2.05) is 0 Å². The third kappa shape index (κ3) is 4.92. The lowest BCUT2D eigenvalue weighted by Gasteiger charge is -2.06. The molecule has 0 saturated carbocycles. The van der Waals surface area contributed by atoms with Crippen LogP contribution in [0.2, 0.25) is 0 Å². The predicted octanol–water partition coefficient (Wildman–Crippen LogP) is 1.85. The molecule has 0 spiro atoms. The van der Waals surface area contributed by atoms with Crippen LogP contribution in [0.5, 0.6) is 0 Å². The molecule has 0 aliphatic carbocycles. The van der Waals surface area contributed by atoms with Gasteiger partial charge in [-0.05, 0) is 18.2 Å². The van der Waals surface area contributed by atoms with Gasteiger partial charge in [0.05, 0.1) is 12.1 Å². The molecule has 0 saturated heterocycles. The molecule has 0 aliphatic heterocycles. The molecule has 1 rings (SSSR count). The van der Waals surface area contributed by atoms with Gasteiger partial charge in [-0.25, -0.2) is 0 Å². The van der Waals surface area contributed by atoms with E-state index in [0.29, 0.717) is 18.1 Å². The van der Waals surface area contributed by atoms with E-state index in [4.69, 9.17) is 0 Å². The number of nitrogens with one attached hydrogen (secondary N) is 2. The van der Waals surface area contributed by atoms with Crippen LogP contribution in [0.15, 0.2) is 29.3 Å². The summed E-state index contributed by atoms with van der Waals surface area (Å²) in [6, 6.07) is 4.92. The maximum Gasteiger partial charge on any atom is 0.416 e. The first-order valence-corrected chi connectivity index (χ1v) is 5.52. The summed E-state index contributed by atoms with van der Waals surface area (Å²) < 4.78 is 37.4. The van der Waals surface area contributed by atoms with Gasteiger partial charge in [0.15, 0.2) is 5.96 Å². The molecule has 0 bridgehead atoms. The van der Waals surface area contributed by atoms with Gasteiger partial charge in [-0.2, -0.15) is 13.2 Å². The topological polar surface area (TPSA) is 36.4 Å². The van der Waals surface area contributed by atoms with Crippen molar-refractivity contribution in [3.8, 4) is 11.8 Å². The number of hydrogen-bond acceptors (Lipinski definition) is 1. The van der Waals surface area contributed by atoms with Gasteiger partial charge in [0.1, 0.15) is 0 Å². The number of guanidine groups is 1. The molecule has 102 valence electrons. The minimum Gasteiger partial charge on any atom is -0.359 e. The van der Waals surface area contributed by atoms with Crippen LogP contribution in [-0.4, -0.2) is 26.6 Å². The standard InChI is InChI=1S/C13H14F3N3/c1-17-12(18-2)19-8-4-6-10-5-3-7-11(9-10)13(14,15)16/h3,5,7,9H,8H2,1-2H3,(H2,17,18,19). The second kappa shape index (κ2) is 6.69. The number of aliphatic imine (C=N–C) groups is 1. The first-order valence-electron chi connectivity index (χ1n) is 5.52. The molecule has 2 N–H and O–H groups in total. The molecule has 0 radical (unpaired) electrons. The fraction of sp³-hybridized carbons (Fsp3) is 0.308. The fourth-order valence-electron chi connectivity index (χ4n) is 1.33. The first kappa shape index (κ1) is 14.9. The van der Waals surface area contributed by atoms with E-state index < -0.39 is 11.7 Å². The minimum absolute atomic E-state index is 0.295. The second-order valence-corrected chi connectivity index (χ2v) is 3.56. The van der Waals surface area contributed by atoms with Gasteiger partial charge >= 0.3 is 6.18 Å². The molecule has 19 heavy (non-hydrogen) atoms. The summed E-state index contributed by atoms with van der Waals surface area (Å²) in [5, 5.41) is 5.68. The summed E-state index contributed by atoms with van der Waals surface area (Å²) in [4.78, 5) is 3.88. The smallest absolute Gasteiger partial charge is 0.359 e. The van der Waals surface area contributed by atoms with Crippen molar-refractivity contribution in [3.63, 3.8) is 0 Å². The Balaban J connectivity index is 2.69. The normalized spacial score (nSPS) is 11.5. The highest BCUT2D eigenvalue weighted by Gasteiger charge is 2.30. The lowest BCUT2D eigenvalue weighted by atomic mass is 10.1. The van der Waals surface area contributed by atoms with Crippen LogP contribution >= 0.6 is 0 Å². The third-order valence-electron chi connectivity index (χ3n) is 2.23. The van der Waals surface area contributed by atoms with E-state index in [-0.39, 0.29) is 0 Å². The van der Waals surface area contributed by atoms with Crippen molar-refractivity contribution in [2.24, 2.45) is 4.99 Å². The van der Waals surface area contributed by atoms with Crippen LogP contribution in [0.25, 0.3) is 0 Å². The van der Waals surface area contributed by atoms with E-state index in [1.165, 1.54) is 12.1 Å². The van der Waals surface area contributed by atoms with Gasteiger partial charge in [-0.3, -0.25) is 4.99 Å². The van der Waals surface area contributed by atoms with E-state index in [2.05, 4.69) is 27.5 Å². The zero-order chi connectivity index (χ0) is 14.3. The number of hydrogen-bond donors (Lipinski definition) is 2. The quantitative estimate of drug-likeness (QED) is 0.464. The number of alkyl halides is 3. The van der Waals surface area contributed by atoms with Gasteiger partial charge in [-0.15, -0.1) is 0 Å². The summed E-state index contributed by atoms with van der Waals surface area (Å²) in [7, 11) is 3.31. The molecule has 0 aliphatic rings. The van der Waals surface area contributed by atoms with Crippen molar-refractivity contribution in [2.45, 2.75) is 6.18 Å². The maximum absolute atomic E-state index is 12.5. The highest BCUT2D eigenvalue weighted by molar-refractivity contribution is 5.79. The Kier molecular flexibility index (Phi) is 5.24. The Labute approximate surface area is 109 Å². The largest absolute Gasteiger partial charge is 0.416 e.